The number of hydrogen-bond acceptors (Lipinski definition) is 4. The SMILES string of the molecule is [B]c1c(C)cc(SCc2ccc(C(=O)NCCC(=O)O)s2)cc1C. The number of carboxylic acid groups (broad SMARTS) is 1. The van der Waals surface area contributed by atoms with E-state index in [-0.39, 0.29) is 18.9 Å². The van der Waals surface area contributed by atoms with Crippen molar-refractivity contribution in [2.45, 2.75) is 30.9 Å². The average molecular weight is 359 g/mol. The third-order valence-corrected chi connectivity index (χ3v) is 5.75. The summed E-state index contributed by atoms with van der Waals surface area (Å²) >= 11 is 3.13. The molecule has 1 aromatic carbocycles. The van der Waals surface area contributed by atoms with Crippen LogP contribution in [0, 0.1) is 13.8 Å². The predicted molar refractivity (Wildman–Crippen MR) is 99.8 cm³/mol. The summed E-state index contributed by atoms with van der Waals surface area (Å²) in [7, 11) is 5.96. The fourth-order valence-electron chi connectivity index (χ4n) is 2.12. The van der Waals surface area contributed by atoms with Crippen LogP contribution >= 0.6 is 23.1 Å². The highest BCUT2D eigenvalue weighted by Crippen LogP contribution is 2.27. The molecule has 0 saturated heterocycles. The molecule has 0 saturated carbocycles. The standard InChI is InChI=1S/C17H18BNO3S2/c1-10-7-13(8-11(2)16(10)18)23-9-12-3-4-14(24-12)17(22)19-6-5-15(20)21/h3-4,7-8H,5-6,9H2,1-2H3,(H,19,22)(H,20,21). The van der Waals surface area contributed by atoms with Crippen molar-refractivity contribution in [3.05, 3.63) is 45.1 Å². The van der Waals surface area contributed by atoms with Crippen molar-refractivity contribution in [3.63, 3.8) is 0 Å². The average Bonchev–Trinajstić information content (AvgIpc) is 2.99. The first kappa shape index (κ1) is 18.6. The first-order chi connectivity index (χ1) is 11.4. The Morgan fingerprint density at radius 2 is 1.92 bits per heavy atom. The van der Waals surface area contributed by atoms with Crippen LogP contribution in [0.25, 0.3) is 0 Å². The van der Waals surface area contributed by atoms with Crippen LogP contribution in [0.2, 0.25) is 0 Å². The lowest BCUT2D eigenvalue weighted by Gasteiger charge is -2.08. The van der Waals surface area contributed by atoms with Gasteiger partial charge in [-0.2, -0.15) is 0 Å². The van der Waals surface area contributed by atoms with Crippen molar-refractivity contribution in [1.82, 2.24) is 5.32 Å². The van der Waals surface area contributed by atoms with Gasteiger partial charge in [0, 0.05) is 22.1 Å². The fraction of sp³-hybridized carbons (Fsp3) is 0.294. The molecule has 1 amide bonds. The maximum atomic E-state index is 11.9. The molecule has 0 fully saturated rings. The number of benzene rings is 1. The molecule has 0 aliphatic rings. The second-order valence-electron chi connectivity index (χ2n) is 5.43. The highest BCUT2D eigenvalue weighted by molar-refractivity contribution is 7.98. The normalized spacial score (nSPS) is 10.6. The molecule has 124 valence electrons. The van der Waals surface area contributed by atoms with E-state index in [2.05, 4.69) is 17.4 Å². The third kappa shape index (κ3) is 5.14. The molecule has 0 aliphatic heterocycles. The molecule has 1 aromatic heterocycles. The van der Waals surface area contributed by atoms with Crippen molar-refractivity contribution in [2.75, 3.05) is 6.54 Å². The Labute approximate surface area is 151 Å². The molecule has 0 atom stereocenters. The topological polar surface area (TPSA) is 66.4 Å². The zero-order valence-electron chi connectivity index (χ0n) is 13.6. The molecule has 7 heteroatoms. The summed E-state index contributed by atoms with van der Waals surface area (Å²) in [5.74, 6) is -0.375. The first-order valence-electron chi connectivity index (χ1n) is 7.45. The maximum absolute atomic E-state index is 11.9. The molecule has 0 unspecified atom stereocenters. The Hall–Kier alpha value is -1.73. The molecule has 1 heterocycles. The third-order valence-electron chi connectivity index (χ3n) is 3.46. The number of carbonyl (C=O) groups is 2. The van der Waals surface area contributed by atoms with E-state index in [1.54, 1.807) is 17.8 Å². The van der Waals surface area contributed by atoms with Gasteiger partial charge in [-0.15, -0.1) is 23.1 Å². The Balaban J connectivity index is 1.92. The van der Waals surface area contributed by atoms with Crippen molar-refractivity contribution in [2.24, 2.45) is 0 Å². The van der Waals surface area contributed by atoms with Gasteiger partial charge in [0.15, 0.2) is 0 Å². The van der Waals surface area contributed by atoms with Crippen LogP contribution in [0.4, 0.5) is 0 Å². The van der Waals surface area contributed by atoms with E-state index in [0.717, 1.165) is 32.1 Å². The fourth-order valence-corrected chi connectivity index (χ4v) is 4.18. The van der Waals surface area contributed by atoms with Crippen molar-refractivity contribution in [3.8, 4) is 0 Å². The van der Waals surface area contributed by atoms with Crippen LogP contribution in [-0.4, -0.2) is 31.4 Å². The van der Waals surface area contributed by atoms with E-state index in [0.29, 0.717) is 4.88 Å². The molecular formula is C17H18BNO3S2. The minimum atomic E-state index is -0.923. The van der Waals surface area contributed by atoms with Gasteiger partial charge < -0.3 is 10.4 Å². The number of amides is 1. The van der Waals surface area contributed by atoms with E-state index in [9.17, 15) is 9.59 Å². The van der Waals surface area contributed by atoms with Crippen LogP contribution in [-0.2, 0) is 10.5 Å². The minimum Gasteiger partial charge on any atom is -0.481 e. The lowest BCUT2D eigenvalue weighted by atomic mass is 9.87. The predicted octanol–water partition coefficient (Wildman–Crippen LogP) is 2.66. The minimum absolute atomic E-state index is 0.0737. The Bertz CT molecular complexity index is 735. The zero-order chi connectivity index (χ0) is 17.7. The lowest BCUT2D eigenvalue weighted by Crippen LogP contribution is -2.25. The number of hydrogen-bond donors (Lipinski definition) is 2. The Kier molecular flexibility index (Phi) is 6.51. The maximum Gasteiger partial charge on any atom is 0.305 e. The van der Waals surface area contributed by atoms with Gasteiger partial charge in [0.1, 0.15) is 7.85 Å². The second kappa shape index (κ2) is 8.40. The Morgan fingerprint density at radius 1 is 1.25 bits per heavy atom. The highest BCUT2D eigenvalue weighted by Gasteiger charge is 2.10. The van der Waals surface area contributed by atoms with Crippen molar-refractivity contribution < 1.29 is 14.7 Å². The molecule has 0 bridgehead atoms. The number of aryl methyl sites for hydroxylation is 2. The number of nitrogens with one attached hydrogen (secondary N) is 1. The molecule has 4 nitrogen and oxygen atoms in total. The van der Waals surface area contributed by atoms with Gasteiger partial charge in [-0.1, -0.05) is 16.6 Å². The van der Waals surface area contributed by atoms with E-state index < -0.39 is 5.97 Å². The molecular weight excluding hydrogens is 341 g/mol. The Morgan fingerprint density at radius 3 is 2.54 bits per heavy atom. The smallest absolute Gasteiger partial charge is 0.305 e. The molecule has 2 aromatic rings. The van der Waals surface area contributed by atoms with Crippen LogP contribution in [0.5, 0.6) is 0 Å². The van der Waals surface area contributed by atoms with E-state index in [4.69, 9.17) is 13.0 Å². The summed E-state index contributed by atoms with van der Waals surface area (Å²) < 4.78 is 0. The van der Waals surface area contributed by atoms with Crippen molar-refractivity contribution in [1.29, 1.82) is 0 Å². The van der Waals surface area contributed by atoms with Gasteiger partial charge in [-0.3, -0.25) is 9.59 Å². The zero-order valence-corrected chi connectivity index (χ0v) is 15.2. The second-order valence-corrected chi connectivity index (χ2v) is 7.64. The summed E-state index contributed by atoms with van der Waals surface area (Å²) in [6, 6.07) is 7.84. The van der Waals surface area contributed by atoms with Gasteiger partial charge in [-0.05, 0) is 38.1 Å². The molecule has 24 heavy (non-hydrogen) atoms. The molecule has 2 rings (SSSR count). The van der Waals surface area contributed by atoms with Gasteiger partial charge in [0.2, 0.25) is 0 Å². The summed E-state index contributed by atoms with van der Waals surface area (Å²) in [5, 5.41) is 11.2. The van der Waals surface area contributed by atoms with E-state index in [1.165, 1.54) is 11.3 Å². The van der Waals surface area contributed by atoms with Crippen LogP contribution in [0.15, 0.2) is 29.2 Å². The molecule has 0 spiro atoms. The van der Waals surface area contributed by atoms with Gasteiger partial charge in [-0.25, -0.2) is 0 Å². The van der Waals surface area contributed by atoms with Crippen LogP contribution in [0.3, 0.4) is 0 Å². The number of carboxylic acids is 1. The molecule has 0 aliphatic carbocycles. The van der Waals surface area contributed by atoms with Crippen LogP contribution in [0.1, 0.15) is 32.1 Å². The van der Waals surface area contributed by atoms with Crippen molar-refractivity contribution >= 4 is 48.3 Å². The summed E-state index contributed by atoms with van der Waals surface area (Å²) in [6.45, 7) is 4.13. The summed E-state index contributed by atoms with van der Waals surface area (Å²) in [5.41, 5.74) is 2.97. The number of thiophene rings is 1. The van der Waals surface area contributed by atoms with Gasteiger partial charge in [0.05, 0.1) is 11.3 Å². The van der Waals surface area contributed by atoms with E-state index >= 15 is 0 Å². The monoisotopic (exact) mass is 359 g/mol. The molecule has 2 radical (unpaired) electrons. The van der Waals surface area contributed by atoms with E-state index in [1.807, 2.05) is 19.9 Å². The van der Waals surface area contributed by atoms with Crippen LogP contribution < -0.4 is 10.8 Å². The summed E-state index contributed by atoms with van der Waals surface area (Å²) in [4.78, 5) is 25.2. The number of rotatable bonds is 7. The molecule has 2 N–H and O–H groups in total. The van der Waals surface area contributed by atoms with Gasteiger partial charge in [0.25, 0.3) is 5.91 Å². The quantitative estimate of drug-likeness (QED) is 0.589. The number of thioether (sulfide) groups is 1. The summed E-state index contributed by atoms with van der Waals surface area (Å²) in [6.07, 6.45) is -0.0737. The number of carbonyl (C=O) groups excluding carboxylic acids is 1. The number of aliphatic carboxylic acids is 1. The highest BCUT2D eigenvalue weighted by atomic mass is 32.2. The largest absolute Gasteiger partial charge is 0.481 e. The lowest BCUT2D eigenvalue weighted by molar-refractivity contribution is -0.136. The van der Waals surface area contributed by atoms with Gasteiger partial charge >= 0.3 is 5.97 Å². The first-order valence-corrected chi connectivity index (χ1v) is 9.25.